The Kier molecular flexibility index (Phi) is 4.93. The Bertz CT molecular complexity index is 532. The number of aliphatic hydroxyl groups excluding tert-OH is 1. The lowest BCUT2D eigenvalue weighted by atomic mass is 10.1. The van der Waals surface area contributed by atoms with Crippen LogP contribution in [0.15, 0.2) is 24.3 Å². The van der Waals surface area contributed by atoms with Gasteiger partial charge in [0.25, 0.3) is 5.91 Å². The lowest BCUT2D eigenvalue weighted by Gasteiger charge is -2.37. The summed E-state index contributed by atoms with van der Waals surface area (Å²) in [5.41, 5.74) is 1.10. The summed E-state index contributed by atoms with van der Waals surface area (Å²) in [6.07, 6.45) is -0.344. The molecule has 2 N–H and O–H groups in total. The highest BCUT2D eigenvalue weighted by Gasteiger charge is 2.29. The topological polar surface area (TPSA) is 78.9 Å². The molecule has 1 fully saturated rings. The van der Waals surface area contributed by atoms with Crippen molar-refractivity contribution in [3.63, 3.8) is 0 Å². The second-order valence-corrected chi connectivity index (χ2v) is 5.21. The first kappa shape index (κ1) is 15.5. The van der Waals surface area contributed by atoms with Crippen LogP contribution in [0.1, 0.15) is 24.2 Å². The number of hydrogen-bond donors (Lipinski definition) is 2. The highest BCUT2D eigenvalue weighted by Crippen LogP contribution is 2.18. The lowest BCUT2D eigenvalue weighted by molar-refractivity contribution is -0.114. The Labute approximate surface area is 123 Å². The molecule has 1 aliphatic rings. The average molecular weight is 292 g/mol. The molecule has 1 aliphatic heterocycles. The molecule has 114 valence electrons. The molecule has 0 saturated carbocycles. The molecule has 0 aliphatic carbocycles. The van der Waals surface area contributed by atoms with Crippen molar-refractivity contribution in [1.29, 1.82) is 0 Å². The summed E-state index contributed by atoms with van der Waals surface area (Å²) >= 11 is 0. The molecule has 1 aromatic carbocycles. The Balaban J connectivity index is 2.16. The number of nitrogens with one attached hydrogen (secondary N) is 1. The largest absolute Gasteiger partial charge is 0.394 e. The van der Waals surface area contributed by atoms with E-state index in [2.05, 4.69) is 5.32 Å². The monoisotopic (exact) mass is 292 g/mol. The molecular weight excluding hydrogens is 272 g/mol. The van der Waals surface area contributed by atoms with Crippen molar-refractivity contribution in [3.8, 4) is 0 Å². The van der Waals surface area contributed by atoms with E-state index in [-0.39, 0.29) is 30.6 Å². The number of amides is 2. The molecule has 0 radical (unpaired) electrons. The van der Waals surface area contributed by atoms with Crippen LogP contribution in [-0.2, 0) is 9.53 Å². The summed E-state index contributed by atoms with van der Waals surface area (Å²) in [6.45, 7) is 3.99. The third-order valence-corrected chi connectivity index (χ3v) is 3.40. The van der Waals surface area contributed by atoms with Gasteiger partial charge in [-0.2, -0.15) is 0 Å². The summed E-state index contributed by atoms with van der Waals surface area (Å²) in [5, 5.41) is 11.8. The third-order valence-electron chi connectivity index (χ3n) is 3.40. The first-order chi connectivity index (χ1) is 10.0. The van der Waals surface area contributed by atoms with Crippen molar-refractivity contribution in [2.24, 2.45) is 0 Å². The third kappa shape index (κ3) is 3.80. The smallest absolute Gasteiger partial charge is 0.254 e. The molecule has 2 unspecified atom stereocenters. The van der Waals surface area contributed by atoms with Gasteiger partial charge in [-0.25, -0.2) is 0 Å². The lowest BCUT2D eigenvalue weighted by Crippen LogP contribution is -2.52. The van der Waals surface area contributed by atoms with Crippen molar-refractivity contribution in [3.05, 3.63) is 29.8 Å². The minimum absolute atomic E-state index is 0.0512. The molecule has 6 nitrogen and oxygen atoms in total. The molecule has 6 heteroatoms. The summed E-state index contributed by atoms with van der Waals surface area (Å²) in [6, 6.07) is 6.78. The van der Waals surface area contributed by atoms with Crippen LogP contribution in [0.3, 0.4) is 0 Å². The van der Waals surface area contributed by atoms with E-state index in [1.807, 2.05) is 6.92 Å². The number of hydrogen-bond acceptors (Lipinski definition) is 4. The summed E-state index contributed by atoms with van der Waals surface area (Å²) in [7, 11) is 0. The van der Waals surface area contributed by atoms with Gasteiger partial charge >= 0.3 is 0 Å². The van der Waals surface area contributed by atoms with Gasteiger partial charge in [0.1, 0.15) is 0 Å². The fourth-order valence-electron chi connectivity index (χ4n) is 2.31. The second-order valence-electron chi connectivity index (χ2n) is 5.21. The standard InChI is InChI=1S/C15H20N2O4/c1-10-9-21-14(8-18)7-17(10)15(20)12-4-3-5-13(6-12)16-11(2)19/h3-6,10,14,18H,7-9H2,1-2H3,(H,16,19). The van der Waals surface area contributed by atoms with Gasteiger partial charge in [-0.15, -0.1) is 0 Å². The van der Waals surface area contributed by atoms with E-state index in [4.69, 9.17) is 4.74 Å². The van der Waals surface area contributed by atoms with Crippen LogP contribution in [0.25, 0.3) is 0 Å². The van der Waals surface area contributed by atoms with E-state index >= 15 is 0 Å². The SMILES string of the molecule is CC(=O)Nc1cccc(C(=O)N2CC(CO)OCC2C)c1. The Morgan fingerprint density at radius 3 is 2.90 bits per heavy atom. The molecule has 1 heterocycles. The number of benzene rings is 1. The number of rotatable bonds is 3. The molecule has 2 atom stereocenters. The molecule has 1 saturated heterocycles. The van der Waals surface area contributed by atoms with Gasteiger partial charge in [0.15, 0.2) is 0 Å². The normalized spacial score (nSPS) is 22.0. The van der Waals surface area contributed by atoms with Crippen molar-refractivity contribution in [2.75, 3.05) is 25.1 Å². The first-order valence-electron chi connectivity index (χ1n) is 6.92. The van der Waals surface area contributed by atoms with E-state index in [0.29, 0.717) is 24.4 Å². The van der Waals surface area contributed by atoms with Crippen LogP contribution in [0.2, 0.25) is 0 Å². The maximum atomic E-state index is 12.6. The number of ether oxygens (including phenoxy) is 1. The summed E-state index contributed by atoms with van der Waals surface area (Å²) < 4.78 is 5.43. The van der Waals surface area contributed by atoms with Crippen molar-refractivity contribution in [2.45, 2.75) is 26.0 Å². The summed E-state index contributed by atoms with van der Waals surface area (Å²) in [4.78, 5) is 25.4. The molecule has 0 bridgehead atoms. The van der Waals surface area contributed by atoms with Crippen molar-refractivity contribution >= 4 is 17.5 Å². The van der Waals surface area contributed by atoms with E-state index in [0.717, 1.165) is 0 Å². The van der Waals surface area contributed by atoms with Gasteiger partial charge in [-0.05, 0) is 25.1 Å². The number of carbonyl (C=O) groups is 2. The van der Waals surface area contributed by atoms with Gasteiger partial charge in [-0.1, -0.05) is 6.07 Å². The van der Waals surface area contributed by atoms with Gasteiger partial charge in [0, 0.05) is 24.7 Å². The maximum Gasteiger partial charge on any atom is 0.254 e. The average Bonchev–Trinajstić information content (AvgIpc) is 2.46. The second kappa shape index (κ2) is 6.69. The van der Waals surface area contributed by atoms with Crippen LogP contribution in [0.5, 0.6) is 0 Å². The predicted molar refractivity (Wildman–Crippen MR) is 78.1 cm³/mol. The molecule has 0 aromatic heterocycles. The van der Waals surface area contributed by atoms with Crippen molar-refractivity contribution in [1.82, 2.24) is 4.90 Å². The van der Waals surface area contributed by atoms with Crippen LogP contribution < -0.4 is 5.32 Å². The fourth-order valence-corrected chi connectivity index (χ4v) is 2.31. The number of anilines is 1. The van der Waals surface area contributed by atoms with Crippen LogP contribution >= 0.6 is 0 Å². The zero-order valence-corrected chi connectivity index (χ0v) is 12.2. The van der Waals surface area contributed by atoms with E-state index in [9.17, 15) is 14.7 Å². The van der Waals surface area contributed by atoms with E-state index in [1.165, 1.54) is 6.92 Å². The Morgan fingerprint density at radius 1 is 1.48 bits per heavy atom. The number of morpholine rings is 1. The molecular formula is C15H20N2O4. The van der Waals surface area contributed by atoms with Crippen molar-refractivity contribution < 1.29 is 19.4 Å². The zero-order valence-electron chi connectivity index (χ0n) is 12.2. The first-order valence-corrected chi connectivity index (χ1v) is 6.92. The van der Waals surface area contributed by atoms with Crippen LogP contribution in [-0.4, -0.2) is 53.7 Å². The molecule has 2 rings (SSSR count). The molecule has 2 amide bonds. The fraction of sp³-hybridized carbons (Fsp3) is 0.467. The van der Waals surface area contributed by atoms with Crippen LogP contribution in [0.4, 0.5) is 5.69 Å². The van der Waals surface area contributed by atoms with Gasteiger partial charge < -0.3 is 20.1 Å². The maximum absolute atomic E-state index is 12.6. The Hall–Kier alpha value is -1.92. The minimum atomic E-state index is -0.344. The highest BCUT2D eigenvalue weighted by atomic mass is 16.5. The van der Waals surface area contributed by atoms with Crippen LogP contribution in [0, 0.1) is 0 Å². The molecule has 21 heavy (non-hydrogen) atoms. The minimum Gasteiger partial charge on any atom is -0.394 e. The number of nitrogens with zero attached hydrogens (tertiary/aromatic N) is 1. The van der Waals surface area contributed by atoms with E-state index in [1.54, 1.807) is 29.2 Å². The number of aliphatic hydroxyl groups is 1. The predicted octanol–water partition coefficient (Wildman–Crippen LogP) is 0.867. The van der Waals surface area contributed by atoms with Gasteiger partial charge in [0.05, 0.1) is 25.4 Å². The summed E-state index contributed by atoms with van der Waals surface area (Å²) in [5.74, 6) is -0.309. The van der Waals surface area contributed by atoms with E-state index < -0.39 is 0 Å². The number of carbonyl (C=O) groups excluding carboxylic acids is 2. The molecule has 1 aromatic rings. The van der Waals surface area contributed by atoms with Gasteiger partial charge in [-0.3, -0.25) is 9.59 Å². The molecule has 0 spiro atoms. The quantitative estimate of drug-likeness (QED) is 0.866. The Morgan fingerprint density at radius 2 is 2.24 bits per heavy atom. The highest BCUT2D eigenvalue weighted by molar-refractivity contribution is 5.97. The zero-order chi connectivity index (χ0) is 15.4. The van der Waals surface area contributed by atoms with Gasteiger partial charge in [0.2, 0.25) is 5.91 Å².